The summed E-state index contributed by atoms with van der Waals surface area (Å²) in [6.45, 7) is 2.54. The normalized spacial score (nSPS) is 15.8. The molecule has 0 spiro atoms. The highest BCUT2D eigenvalue weighted by Crippen LogP contribution is 2.44. The number of hydrogen-bond acceptors (Lipinski definition) is 17. The number of amides is 3. The number of rotatable bonds is 25. The highest BCUT2D eigenvalue weighted by Gasteiger charge is 2.44. The van der Waals surface area contributed by atoms with Gasteiger partial charge in [-0.3, -0.25) is 9.59 Å². The highest BCUT2D eigenvalue weighted by molar-refractivity contribution is 6.09. The van der Waals surface area contributed by atoms with Crippen LogP contribution in [0.2, 0.25) is 0 Å². The Labute approximate surface area is 511 Å². The number of para-hydroxylation sites is 1. The number of alkyl carbamates (subject to hydrolysis) is 1. The molecule has 4 aliphatic rings. The van der Waals surface area contributed by atoms with Gasteiger partial charge >= 0.3 is 18.0 Å². The van der Waals surface area contributed by atoms with E-state index in [1.807, 2.05) is 123 Å². The first-order chi connectivity index (χ1) is 42.8. The number of aliphatic imine (C=N–C) groups is 1. The first kappa shape index (κ1) is 63.8. The number of nitrogens with zero attached hydrogens (tertiary/aromatic N) is 7. The van der Waals surface area contributed by atoms with Crippen molar-refractivity contribution in [3.05, 3.63) is 137 Å². The molecular formula is C63H72N11O15+. The van der Waals surface area contributed by atoms with Crippen LogP contribution in [0.3, 0.4) is 0 Å². The maximum Gasteiger partial charge on any atom is 0.407 e. The zero-order valence-electron chi connectivity index (χ0n) is 49.8. The standard InChI is InChI=1S/C63H71N11O15/c1-36-47(68-62(64)65)33-52(61(81)82)88-57(36)58(49(76)35-75)89-63(83)67-22-24-84-26-28-86-29-27-85-25-23-74-56-41-11-7-6-10-38(41)34-73(48-13-9-8-12-43(48)55(56)69-70-74)53(77)20-21-66-59(78)37-14-17-42(46(30-37)60(79)80)54-44-18-15-39(71(2)3)31-50(44)87-51-32-40(72(4)5)16-19-45(51)54/h6-19,30-33,36,47,49,57-58,75-76H,20-29,34-35H2,1-5H3,(H7-,64,65,66,67,68,78,79,80,81,82,83)/p+1/t36-,47+,49-,57-,58-/m1/s1. The van der Waals surface area contributed by atoms with Crippen molar-refractivity contribution in [1.29, 1.82) is 0 Å². The van der Waals surface area contributed by atoms with E-state index in [0.717, 1.165) is 27.9 Å². The number of aliphatic hydroxyl groups is 2. The Morgan fingerprint density at radius 1 is 0.820 bits per heavy atom. The van der Waals surface area contributed by atoms with E-state index in [1.54, 1.807) is 28.6 Å². The van der Waals surface area contributed by atoms with E-state index in [-0.39, 0.29) is 88.7 Å². The van der Waals surface area contributed by atoms with Crippen LogP contribution in [0.1, 0.15) is 39.6 Å². The van der Waals surface area contributed by atoms with Crippen LogP contribution in [0.4, 0.5) is 16.2 Å². The maximum absolute atomic E-state index is 14.4. The van der Waals surface area contributed by atoms with Crippen LogP contribution in [-0.4, -0.2) is 183 Å². The van der Waals surface area contributed by atoms with Gasteiger partial charge in [0.15, 0.2) is 12.1 Å². The molecule has 26 nitrogen and oxygen atoms in total. The SMILES string of the molecule is C[C@H]1[C@H]([C@H](OC(=O)NCCOCCOCCOCCn2nnc3c2-c2ccccc2CN(C(=O)CCNC(=O)c2ccc(-c4c5ccc(=[N+](C)C)cc-5oc5cc(N(C)C)ccc45)c(C(=O)O)c2)c2ccccc2-3)[C@H](O)CO)OC(C(=O)O)=C[C@@H]1N=C(N)N. The van der Waals surface area contributed by atoms with Crippen molar-refractivity contribution in [2.24, 2.45) is 22.4 Å². The minimum Gasteiger partial charge on any atom is -0.479 e. The molecule has 468 valence electrons. The van der Waals surface area contributed by atoms with Gasteiger partial charge in [-0.15, -0.1) is 5.10 Å². The lowest BCUT2D eigenvalue weighted by atomic mass is 9.87. The minimum atomic E-state index is -1.63. The van der Waals surface area contributed by atoms with E-state index < -0.39 is 66.6 Å². The van der Waals surface area contributed by atoms with Crippen LogP contribution in [-0.2, 0) is 46.4 Å². The number of aromatic carboxylic acids is 1. The summed E-state index contributed by atoms with van der Waals surface area (Å²) in [7, 11) is 7.71. The summed E-state index contributed by atoms with van der Waals surface area (Å²) in [5.41, 5.74) is 18.6. The lowest BCUT2D eigenvalue weighted by Crippen LogP contribution is -2.52. The fourth-order valence-electron chi connectivity index (χ4n) is 10.7. The van der Waals surface area contributed by atoms with E-state index in [4.69, 9.17) is 39.6 Å². The molecule has 0 unspecified atom stereocenters. The van der Waals surface area contributed by atoms with E-state index in [2.05, 4.69) is 25.9 Å². The van der Waals surface area contributed by atoms with Gasteiger partial charge in [-0.1, -0.05) is 60.7 Å². The van der Waals surface area contributed by atoms with E-state index in [1.165, 1.54) is 12.1 Å². The Bertz CT molecular complexity index is 3850. The lowest BCUT2D eigenvalue weighted by molar-refractivity contribution is -0.147. The van der Waals surface area contributed by atoms with Gasteiger partial charge in [0.25, 0.3) is 5.91 Å². The van der Waals surface area contributed by atoms with Gasteiger partial charge in [-0.05, 0) is 53.6 Å². The molecule has 4 heterocycles. The number of aliphatic hydroxyl groups excluding tert-OH is 2. The number of hydrogen-bond donors (Lipinski definition) is 8. The second-order valence-electron chi connectivity index (χ2n) is 21.6. The van der Waals surface area contributed by atoms with Gasteiger partial charge in [0.1, 0.15) is 43.3 Å². The molecule has 26 heteroatoms. The molecule has 0 saturated heterocycles. The topological polar surface area (TPSA) is 354 Å². The monoisotopic (exact) mass is 1220 g/mol. The summed E-state index contributed by atoms with van der Waals surface area (Å²) in [5, 5.41) is 56.6. The molecule has 4 aromatic carbocycles. The average Bonchev–Trinajstić information content (AvgIpc) is 1.70. The van der Waals surface area contributed by atoms with Crippen molar-refractivity contribution in [2.75, 3.05) is 97.3 Å². The zero-order valence-corrected chi connectivity index (χ0v) is 49.8. The summed E-state index contributed by atoms with van der Waals surface area (Å²) >= 11 is 0. The van der Waals surface area contributed by atoms with Crippen molar-refractivity contribution in [2.45, 2.75) is 50.8 Å². The first-order valence-corrected chi connectivity index (χ1v) is 28.8. The van der Waals surface area contributed by atoms with Gasteiger partial charge in [-0.2, -0.15) is 0 Å². The van der Waals surface area contributed by atoms with Crippen LogP contribution >= 0.6 is 0 Å². The number of carbonyl (C=O) groups excluding carboxylic acids is 3. The molecule has 89 heavy (non-hydrogen) atoms. The highest BCUT2D eigenvalue weighted by atomic mass is 16.6. The predicted octanol–water partition coefficient (Wildman–Crippen LogP) is 3.74. The average molecular weight is 1220 g/mol. The number of nitrogens with one attached hydrogen (secondary N) is 2. The molecule has 10 N–H and O–H groups in total. The zero-order chi connectivity index (χ0) is 63.5. The molecule has 9 rings (SSSR count). The maximum atomic E-state index is 14.4. The van der Waals surface area contributed by atoms with Gasteiger partial charge in [-0.25, -0.2) is 28.6 Å². The third-order valence-corrected chi connectivity index (χ3v) is 15.2. The summed E-state index contributed by atoms with van der Waals surface area (Å²) in [6, 6.07) is 30.4. The number of carboxylic acid groups (broad SMARTS) is 2. The van der Waals surface area contributed by atoms with Gasteiger partial charge in [0.05, 0.1) is 88.4 Å². The lowest BCUT2D eigenvalue weighted by Gasteiger charge is -2.38. The van der Waals surface area contributed by atoms with Crippen molar-refractivity contribution >= 4 is 58.1 Å². The molecule has 0 radical (unpaired) electrons. The molecule has 0 bridgehead atoms. The van der Waals surface area contributed by atoms with E-state index >= 15 is 0 Å². The molecule has 1 aliphatic carbocycles. The number of nitrogens with two attached hydrogens (primary N) is 2. The van der Waals surface area contributed by atoms with E-state index in [9.17, 15) is 44.4 Å². The summed E-state index contributed by atoms with van der Waals surface area (Å²) in [6.07, 6.45) is -4.22. The van der Waals surface area contributed by atoms with Crippen LogP contribution in [0.25, 0.3) is 55.9 Å². The molecule has 5 aromatic rings. The second kappa shape index (κ2) is 28.9. The predicted molar refractivity (Wildman–Crippen MR) is 329 cm³/mol. The molecule has 5 atom stereocenters. The fourth-order valence-corrected chi connectivity index (χ4v) is 10.7. The first-order valence-electron chi connectivity index (χ1n) is 28.8. The van der Waals surface area contributed by atoms with Gasteiger partial charge in [0.2, 0.25) is 17.0 Å². The molecular weight excluding hydrogens is 1150 g/mol. The van der Waals surface area contributed by atoms with Crippen LogP contribution in [0.15, 0.2) is 124 Å². The fraction of sp³-hybridized carbons (Fsp3) is 0.349. The Kier molecular flexibility index (Phi) is 20.7. The Balaban J connectivity index is 0.765. The molecule has 3 aliphatic heterocycles. The van der Waals surface area contributed by atoms with Crippen molar-refractivity contribution < 1.29 is 72.5 Å². The minimum absolute atomic E-state index is 0.00178. The number of anilines is 2. The number of guanidine groups is 1. The van der Waals surface area contributed by atoms with Gasteiger partial charge < -0.3 is 80.4 Å². The number of carboxylic acids is 2. The summed E-state index contributed by atoms with van der Waals surface area (Å²) in [5.74, 6) is -4.40. The second-order valence-corrected chi connectivity index (χ2v) is 21.6. The Morgan fingerprint density at radius 3 is 2.24 bits per heavy atom. The number of ether oxygens (including phenoxy) is 5. The van der Waals surface area contributed by atoms with Crippen LogP contribution in [0, 0.1) is 5.92 Å². The Hall–Kier alpha value is -9.73. The van der Waals surface area contributed by atoms with Crippen molar-refractivity contribution in [3.8, 4) is 45.0 Å². The van der Waals surface area contributed by atoms with Crippen molar-refractivity contribution in [1.82, 2.24) is 30.2 Å². The van der Waals surface area contributed by atoms with E-state index in [0.29, 0.717) is 56.9 Å². The molecule has 0 fully saturated rings. The number of fused-ring (bicyclic) bond motifs is 7. The quantitative estimate of drug-likeness (QED) is 0.0133. The smallest absolute Gasteiger partial charge is 0.407 e. The van der Waals surface area contributed by atoms with Gasteiger partial charge in [0, 0.05) is 90.5 Å². The number of benzene rings is 5. The molecule has 1 aromatic heterocycles. The number of carbonyl (C=O) groups is 5. The third kappa shape index (κ3) is 14.8. The molecule has 0 saturated carbocycles. The van der Waals surface area contributed by atoms with Crippen LogP contribution in [0.5, 0.6) is 0 Å². The number of aliphatic carboxylic acids is 1. The van der Waals surface area contributed by atoms with Crippen molar-refractivity contribution in [3.63, 3.8) is 0 Å². The number of aromatic nitrogens is 3. The molecule has 3 amide bonds. The third-order valence-electron chi connectivity index (χ3n) is 15.2. The largest absolute Gasteiger partial charge is 0.479 e. The summed E-state index contributed by atoms with van der Waals surface area (Å²) in [4.78, 5) is 73.5. The Morgan fingerprint density at radius 2 is 1.53 bits per heavy atom. The van der Waals surface area contributed by atoms with Crippen LogP contribution < -0.4 is 41.8 Å². The summed E-state index contributed by atoms with van der Waals surface area (Å²) < 4.78 is 38.3.